The number of aliphatic hydroxyl groups is 1. The minimum absolute atomic E-state index is 0.0949. The van der Waals surface area contributed by atoms with E-state index in [1.807, 2.05) is 25.3 Å². The number of pyridine rings is 1. The lowest BCUT2D eigenvalue weighted by Crippen LogP contribution is -2.44. The smallest absolute Gasteiger partial charge is 0.315 e. The lowest BCUT2D eigenvalue weighted by atomic mass is 9.87. The summed E-state index contributed by atoms with van der Waals surface area (Å²) in [6, 6.07) is 4.17. The molecule has 2 amide bonds. The molecule has 0 spiro atoms. The van der Waals surface area contributed by atoms with Crippen LogP contribution in [0.3, 0.4) is 0 Å². The SMILES string of the molecule is Cc1ccc(CCNC(=O)NC2CCC(CO)CC2)cn1. The third kappa shape index (κ3) is 5.34. The molecule has 0 atom stereocenters. The van der Waals surface area contributed by atoms with Gasteiger partial charge in [0.1, 0.15) is 0 Å². The van der Waals surface area contributed by atoms with Gasteiger partial charge in [0.05, 0.1) is 0 Å². The normalized spacial score (nSPS) is 21.8. The van der Waals surface area contributed by atoms with Crippen LogP contribution in [-0.4, -0.2) is 35.3 Å². The summed E-state index contributed by atoms with van der Waals surface area (Å²) >= 11 is 0. The molecule has 0 unspecified atom stereocenters. The average molecular weight is 291 g/mol. The van der Waals surface area contributed by atoms with Crippen molar-refractivity contribution < 1.29 is 9.90 Å². The predicted octanol–water partition coefficient (Wildman–Crippen LogP) is 1.78. The van der Waals surface area contributed by atoms with E-state index in [1.54, 1.807) is 0 Å². The summed E-state index contributed by atoms with van der Waals surface area (Å²) < 4.78 is 0. The summed E-state index contributed by atoms with van der Waals surface area (Å²) in [5, 5.41) is 15.0. The molecule has 1 saturated carbocycles. The van der Waals surface area contributed by atoms with Crippen LogP contribution in [0.15, 0.2) is 18.3 Å². The molecule has 1 aliphatic rings. The number of amides is 2. The number of carbonyl (C=O) groups is 1. The van der Waals surface area contributed by atoms with Crippen LogP contribution < -0.4 is 10.6 Å². The zero-order valence-electron chi connectivity index (χ0n) is 12.6. The van der Waals surface area contributed by atoms with Crippen molar-refractivity contribution in [3.8, 4) is 0 Å². The van der Waals surface area contributed by atoms with Crippen LogP contribution in [0.4, 0.5) is 4.79 Å². The Balaban J connectivity index is 1.62. The third-order valence-corrected chi connectivity index (χ3v) is 4.11. The topological polar surface area (TPSA) is 74.2 Å². The summed E-state index contributed by atoms with van der Waals surface area (Å²) in [4.78, 5) is 16.1. The molecule has 116 valence electrons. The Bertz CT molecular complexity index is 439. The molecule has 1 fully saturated rings. The quantitative estimate of drug-likeness (QED) is 0.774. The van der Waals surface area contributed by atoms with E-state index in [0.29, 0.717) is 12.5 Å². The molecule has 0 aromatic carbocycles. The van der Waals surface area contributed by atoms with Crippen molar-refractivity contribution in [2.75, 3.05) is 13.2 Å². The summed E-state index contributed by atoms with van der Waals surface area (Å²) in [6.07, 6.45) is 6.55. The molecule has 5 heteroatoms. The van der Waals surface area contributed by atoms with Gasteiger partial charge in [-0.25, -0.2) is 4.79 Å². The molecule has 1 aromatic heterocycles. The molecule has 0 aliphatic heterocycles. The second-order valence-corrected chi connectivity index (χ2v) is 5.86. The Labute approximate surface area is 126 Å². The van der Waals surface area contributed by atoms with Crippen LogP contribution in [0, 0.1) is 12.8 Å². The first kappa shape index (κ1) is 15.8. The Morgan fingerprint density at radius 2 is 2.10 bits per heavy atom. The van der Waals surface area contributed by atoms with Crippen molar-refractivity contribution >= 4 is 6.03 Å². The molecule has 1 heterocycles. The average Bonchev–Trinajstić information content (AvgIpc) is 2.50. The lowest BCUT2D eigenvalue weighted by Gasteiger charge is -2.27. The van der Waals surface area contributed by atoms with E-state index in [0.717, 1.165) is 43.4 Å². The number of hydrogen-bond donors (Lipinski definition) is 3. The number of aliphatic hydroxyl groups excluding tert-OH is 1. The van der Waals surface area contributed by atoms with Gasteiger partial charge in [-0.3, -0.25) is 4.98 Å². The van der Waals surface area contributed by atoms with Crippen molar-refractivity contribution in [1.82, 2.24) is 15.6 Å². The lowest BCUT2D eigenvalue weighted by molar-refractivity contribution is 0.174. The fourth-order valence-electron chi connectivity index (χ4n) is 2.69. The van der Waals surface area contributed by atoms with Gasteiger partial charge in [-0.1, -0.05) is 6.07 Å². The third-order valence-electron chi connectivity index (χ3n) is 4.11. The minimum Gasteiger partial charge on any atom is -0.396 e. The molecular formula is C16H25N3O2. The summed E-state index contributed by atoms with van der Waals surface area (Å²) in [5.41, 5.74) is 2.13. The monoisotopic (exact) mass is 291 g/mol. The second-order valence-electron chi connectivity index (χ2n) is 5.86. The molecule has 0 bridgehead atoms. The first-order valence-electron chi connectivity index (χ1n) is 7.74. The standard InChI is InChI=1S/C16H25N3O2/c1-12-2-3-13(10-18-12)8-9-17-16(21)19-15-6-4-14(11-20)5-7-15/h2-3,10,14-15,20H,4-9,11H2,1H3,(H2,17,19,21). The van der Waals surface area contributed by atoms with Crippen molar-refractivity contribution in [1.29, 1.82) is 0 Å². The van der Waals surface area contributed by atoms with Gasteiger partial charge in [0.25, 0.3) is 0 Å². The van der Waals surface area contributed by atoms with E-state index in [1.165, 1.54) is 0 Å². The Hall–Kier alpha value is -1.62. The van der Waals surface area contributed by atoms with Crippen LogP contribution in [-0.2, 0) is 6.42 Å². The molecule has 2 rings (SSSR count). The van der Waals surface area contributed by atoms with E-state index in [4.69, 9.17) is 5.11 Å². The first-order valence-corrected chi connectivity index (χ1v) is 7.74. The highest BCUT2D eigenvalue weighted by atomic mass is 16.3. The van der Waals surface area contributed by atoms with Gasteiger partial charge < -0.3 is 15.7 Å². The van der Waals surface area contributed by atoms with Gasteiger partial charge in [-0.2, -0.15) is 0 Å². The van der Waals surface area contributed by atoms with Gasteiger partial charge in [0.2, 0.25) is 0 Å². The van der Waals surface area contributed by atoms with E-state index >= 15 is 0 Å². The van der Waals surface area contributed by atoms with E-state index in [-0.39, 0.29) is 18.7 Å². The Morgan fingerprint density at radius 3 is 2.71 bits per heavy atom. The Kier molecular flexibility index (Phi) is 5.99. The van der Waals surface area contributed by atoms with Gasteiger partial charge in [0.15, 0.2) is 0 Å². The highest BCUT2D eigenvalue weighted by molar-refractivity contribution is 5.74. The maximum Gasteiger partial charge on any atom is 0.315 e. The molecule has 5 nitrogen and oxygen atoms in total. The summed E-state index contributed by atoms with van der Waals surface area (Å²) in [6.45, 7) is 2.84. The molecule has 21 heavy (non-hydrogen) atoms. The number of rotatable bonds is 5. The maximum atomic E-state index is 11.8. The number of nitrogens with one attached hydrogen (secondary N) is 2. The molecule has 0 saturated heterocycles. The molecular weight excluding hydrogens is 266 g/mol. The zero-order valence-corrected chi connectivity index (χ0v) is 12.6. The highest BCUT2D eigenvalue weighted by Gasteiger charge is 2.21. The largest absolute Gasteiger partial charge is 0.396 e. The van der Waals surface area contributed by atoms with Crippen LogP contribution in [0.5, 0.6) is 0 Å². The molecule has 1 aromatic rings. The van der Waals surface area contributed by atoms with E-state index in [9.17, 15) is 4.79 Å². The maximum absolute atomic E-state index is 11.8. The van der Waals surface area contributed by atoms with Gasteiger partial charge in [-0.15, -0.1) is 0 Å². The number of aryl methyl sites for hydroxylation is 1. The fraction of sp³-hybridized carbons (Fsp3) is 0.625. The molecule has 0 radical (unpaired) electrons. The number of aromatic nitrogens is 1. The minimum atomic E-state index is -0.0949. The molecule has 1 aliphatic carbocycles. The van der Waals surface area contributed by atoms with E-state index in [2.05, 4.69) is 15.6 Å². The summed E-state index contributed by atoms with van der Waals surface area (Å²) in [5.74, 6) is 0.417. The second kappa shape index (κ2) is 7.98. The number of urea groups is 1. The van der Waals surface area contributed by atoms with Crippen molar-refractivity contribution in [3.05, 3.63) is 29.6 Å². The zero-order chi connectivity index (χ0) is 15.1. The first-order chi connectivity index (χ1) is 10.2. The fourth-order valence-corrected chi connectivity index (χ4v) is 2.69. The molecule has 3 N–H and O–H groups in total. The Morgan fingerprint density at radius 1 is 1.33 bits per heavy atom. The van der Waals surface area contributed by atoms with Crippen LogP contribution >= 0.6 is 0 Å². The van der Waals surface area contributed by atoms with Crippen molar-refractivity contribution in [3.63, 3.8) is 0 Å². The predicted molar refractivity (Wildman–Crippen MR) is 82.0 cm³/mol. The van der Waals surface area contributed by atoms with Gasteiger partial charge in [-0.05, 0) is 56.6 Å². The van der Waals surface area contributed by atoms with Crippen molar-refractivity contribution in [2.24, 2.45) is 5.92 Å². The highest BCUT2D eigenvalue weighted by Crippen LogP contribution is 2.23. The van der Waals surface area contributed by atoms with Crippen LogP contribution in [0.1, 0.15) is 36.9 Å². The van der Waals surface area contributed by atoms with Gasteiger partial charge >= 0.3 is 6.03 Å². The van der Waals surface area contributed by atoms with Gasteiger partial charge in [0, 0.05) is 31.1 Å². The number of hydrogen-bond acceptors (Lipinski definition) is 3. The number of nitrogens with zero attached hydrogens (tertiary/aromatic N) is 1. The van der Waals surface area contributed by atoms with Crippen molar-refractivity contribution in [2.45, 2.75) is 45.1 Å². The number of carbonyl (C=O) groups excluding carboxylic acids is 1. The van der Waals surface area contributed by atoms with Crippen LogP contribution in [0.2, 0.25) is 0 Å². The van der Waals surface area contributed by atoms with Crippen LogP contribution in [0.25, 0.3) is 0 Å². The van der Waals surface area contributed by atoms with E-state index < -0.39 is 0 Å². The summed E-state index contributed by atoms with van der Waals surface area (Å²) in [7, 11) is 0.